The lowest BCUT2D eigenvalue weighted by atomic mass is 9.91. The molecule has 0 aromatic carbocycles. The first kappa shape index (κ1) is 85.8. The van der Waals surface area contributed by atoms with Gasteiger partial charge in [-0.2, -0.15) is 0 Å². The molecule has 0 radical (unpaired) electrons. The Hall–Kier alpha value is -6.21. The summed E-state index contributed by atoms with van der Waals surface area (Å²) in [5.41, 5.74) is 0. The van der Waals surface area contributed by atoms with Crippen molar-refractivity contribution in [3.05, 3.63) is 12.2 Å². The Morgan fingerprint density at radius 1 is 0.413 bits per heavy atom. The number of allylic oxidation sites excluding steroid dienone is 2. The molecule has 0 unspecified atom stereocenters. The van der Waals surface area contributed by atoms with Gasteiger partial charge in [0.2, 0.25) is 59.1 Å². The minimum absolute atomic E-state index is 0.0162. The molecule has 0 aliphatic carbocycles. The molecule has 0 saturated carbocycles. The molecule has 0 saturated heterocycles. The maximum absolute atomic E-state index is 14.8. The molecule has 530 valence electrons. The summed E-state index contributed by atoms with van der Waals surface area (Å²) < 4.78 is 4.79. The smallest absolute Gasteiger partial charge is 0.331 e. The summed E-state index contributed by atoms with van der Waals surface area (Å²) >= 11 is 0. The molecule has 92 heavy (non-hydrogen) atoms. The average molecular weight is 1310 g/mol. The average Bonchev–Trinajstić information content (AvgIpc) is 0.840. The molecule has 14 atom stereocenters. The van der Waals surface area contributed by atoms with Gasteiger partial charge in [0.05, 0.1) is 25.4 Å². The predicted molar refractivity (Wildman–Crippen MR) is 357 cm³/mol. The van der Waals surface area contributed by atoms with E-state index in [1.807, 2.05) is 83.1 Å². The van der Waals surface area contributed by atoms with Crippen molar-refractivity contribution in [2.75, 3.05) is 49.4 Å². The van der Waals surface area contributed by atoms with Gasteiger partial charge in [-0.3, -0.25) is 47.9 Å². The third kappa shape index (κ3) is 27.0. The fourth-order valence-electron chi connectivity index (χ4n) is 11.2. The van der Waals surface area contributed by atoms with Crippen LogP contribution >= 0.6 is 0 Å². The number of esters is 1. The fourth-order valence-corrected chi connectivity index (χ4v) is 11.2. The maximum Gasteiger partial charge on any atom is 0.331 e. The van der Waals surface area contributed by atoms with E-state index >= 15 is 0 Å². The van der Waals surface area contributed by atoms with Crippen LogP contribution < -0.4 is 31.9 Å². The summed E-state index contributed by atoms with van der Waals surface area (Å²) in [4.78, 5) is 162. The van der Waals surface area contributed by atoms with Crippen LogP contribution in [0.2, 0.25) is 0 Å². The fraction of sp³-hybridized carbons (Fsp3) is 0.806. The van der Waals surface area contributed by atoms with Crippen molar-refractivity contribution >= 4 is 65.0 Å². The Morgan fingerprint density at radius 3 is 1.12 bits per heavy atom. The van der Waals surface area contributed by atoms with Crippen molar-refractivity contribution in [3.63, 3.8) is 0 Å². The van der Waals surface area contributed by atoms with Gasteiger partial charge < -0.3 is 71.4 Å². The van der Waals surface area contributed by atoms with Crippen molar-refractivity contribution < 1.29 is 67.7 Å². The Kier molecular flexibility index (Phi) is 38.0. The highest BCUT2D eigenvalue weighted by atomic mass is 16.5. The van der Waals surface area contributed by atoms with E-state index in [1.54, 1.807) is 53.9 Å². The highest BCUT2D eigenvalue weighted by Crippen LogP contribution is 2.24. The third-order valence-electron chi connectivity index (χ3n) is 16.5. The minimum atomic E-state index is -1.63. The Morgan fingerprint density at radius 2 is 0.761 bits per heavy atom. The number of hydrogen-bond donors (Lipinski definition) is 8. The molecule has 0 bridgehead atoms. The Bertz CT molecular complexity index is 2430. The summed E-state index contributed by atoms with van der Waals surface area (Å²) in [5.74, 6) is -8.92. The second kappa shape index (κ2) is 40.8. The van der Waals surface area contributed by atoms with Gasteiger partial charge in [-0.15, -0.1) is 0 Å². The third-order valence-corrected chi connectivity index (χ3v) is 16.5. The van der Waals surface area contributed by atoms with Crippen LogP contribution in [-0.2, 0) is 57.5 Å². The van der Waals surface area contributed by atoms with Gasteiger partial charge >= 0.3 is 5.97 Å². The van der Waals surface area contributed by atoms with Gasteiger partial charge in [0.25, 0.3) is 0 Å². The number of hydrogen-bond acceptors (Lipinski definition) is 15. The summed E-state index contributed by atoms with van der Waals surface area (Å²) in [6.45, 7) is 33.8. The molecule has 8 N–H and O–H groups in total. The Labute approximate surface area is 551 Å². The number of rotatable bonds is 40. The molecule has 10 amide bonds. The number of aliphatic hydroxyl groups excluding tert-OH is 2. The SMILES string of the molecule is C/C=C/C[C@@H](C)[C@@H](O)[C@@H](C(=O)N[C@H](C(=O)OC)[C@@H](C)O)N(C)C(=O)[C@H](C(C)C)N(C)C(=O)[C@H](CC(C)C)NC(=O)[C@H](CC(C)C)N(C)C(=O)[C@@H](C)NC(=O)[C@H](C)NC(=O)[C@H](CC(C)C)N(C)C(=O)[C@H](CC(C)C)NC(=O)[C@H](CC(C)C)N(C)C(=O)[C@@H](CC(C)C)NC. The second-order valence-electron chi connectivity index (χ2n) is 28.2. The molecule has 25 nitrogen and oxygen atoms in total. The number of likely N-dealkylation sites (N-methyl/N-ethyl adjacent to an activating group) is 6. The van der Waals surface area contributed by atoms with Crippen LogP contribution in [0.3, 0.4) is 0 Å². The second-order valence-corrected chi connectivity index (χ2v) is 28.2. The van der Waals surface area contributed by atoms with E-state index in [0.29, 0.717) is 19.3 Å². The van der Waals surface area contributed by atoms with Gasteiger partial charge in [0.1, 0.15) is 54.4 Å². The lowest BCUT2D eigenvalue weighted by Crippen LogP contribution is -2.63. The van der Waals surface area contributed by atoms with Gasteiger partial charge in [0, 0.05) is 35.2 Å². The normalized spacial score (nSPS) is 16.5. The lowest BCUT2D eigenvalue weighted by molar-refractivity contribution is -0.156. The van der Waals surface area contributed by atoms with E-state index in [4.69, 9.17) is 4.74 Å². The largest absolute Gasteiger partial charge is 0.467 e. The zero-order chi connectivity index (χ0) is 71.7. The van der Waals surface area contributed by atoms with Crippen LogP contribution in [-0.4, -0.2) is 228 Å². The van der Waals surface area contributed by atoms with E-state index < -0.39 is 150 Å². The van der Waals surface area contributed by atoms with Crippen molar-refractivity contribution in [2.45, 2.75) is 255 Å². The van der Waals surface area contributed by atoms with Crippen LogP contribution in [0.1, 0.15) is 176 Å². The first-order valence-corrected chi connectivity index (χ1v) is 33.0. The summed E-state index contributed by atoms with van der Waals surface area (Å²) in [5, 5.41) is 38.8. The van der Waals surface area contributed by atoms with E-state index in [2.05, 4.69) is 31.9 Å². The van der Waals surface area contributed by atoms with Gasteiger partial charge in [-0.25, -0.2) is 4.79 Å². The molecule has 0 aliphatic heterocycles. The van der Waals surface area contributed by atoms with Crippen LogP contribution in [0.4, 0.5) is 0 Å². The zero-order valence-electron chi connectivity index (χ0n) is 60.8. The van der Waals surface area contributed by atoms with Gasteiger partial charge in [0.15, 0.2) is 6.04 Å². The first-order valence-electron chi connectivity index (χ1n) is 33.0. The van der Waals surface area contributed by atoms with E-state index in [9.17, 15) is 63.0 Å². The predicted octanol–water partition coefficient (Wildman–Crippen LogP) is 3.62. The van der Waals surface area contributed by atoms with Crippen molar-refractivity contribution in [1.29, 1.82) is 0 Å². The van der Waals surface area contributed by atoms with Crippen LogP contribution in [0, 0.1) is 47.3 Å². The molecular formula is C67H123N11O14. The standard InChI is InChI=1S/C67H123N11O14/c1-27-28-29-43(16)56(80)55(61(85)73-53(46(19)79)67(91)92-26)78(25)66(90)54(42(14)15)77(24)65(89)49(32-38(6)7)72-59(83)51(34-40(10)11)74(21)62(86)45(18)70-57(81)44(17)69-58(82)50(33-39(8)9)76(23)64(88)48(31-37(4)5)71-60(84)52(35-41(12)13)75(22)63(87)47(68-20)30-36(2)3/h27-28,36-56,68,79-80H,29-35H2,1-26H3,(H,69,82)(H,70,81)(H,71,84)(H,72,83)(H,73,85)/b28-27+/t43-,44+,45-,46-,47-,48+,49+,50+,51+,52+,53+,54+,55+,56-/m1/s1. The zero-order valence-corrected chi connectivity index (χ0v) is 60.8. The first-order chi connectivity index (χ1) is 42.4. The summed E-state index contributed by atoms with van der Waals surface area (Å²) in [6, 6.07) is -12.9. The number of ether oxygens (including phenoxy) is 1. The molecular weight excluding hydrogens is 1180 g/mol. The number of methoxy groups -OCH3 is 1. The molecule has 0 rings (SSSR count). The number of nitrogens with zero attached hydrogens (tertiary/aromatic N) is 5. The Balaban J connectivity index is 6.91. The minimum Gasteiger partial charge on any atom is -0.467 e. The number of aliphatic hydroxyl groups is 2. The molecule has 0 fully saturated rings. The molecule has 0 heterocycles. The molecule has 0 aromatic rings. The summed E-state index contributed by atoms with van der Waals surface area (Å²) in [6.07, 6.45) is 2.45. The highest BCUT2D eigenvalue weighted by Gasteiger charge is 2.45. The highest BCUT2D eigenvalue weighted by molar-refractivity contribution is 5.99. The topological polar surface area (TPSA) is 326 Å². The van der Waals surface area contributed by atoms with Gasteiger partial charge in [-0.1, -0.05) is 116 Å². The quantitative estimate of drug-likeness (QED) is 0.0321. The molecule has 25 heteroatoms. The number of nitrogens with one attached hydrogen (secondary N) is 6. The number of carbonyl (C=O) groups excluding carboxylic acids is 11. The van der Waals surface area contributed by atoms with E-state index in [0.717, 1.165) is 12.0 Å². The van der Waals surface area contributed by atoms with Crippen molar-refractivity contribution in [2.24, 2.45) is 47.3 Å². The molecule has 0 aromatic heterocycles. The maximum atomic E-state index is 14.8. The van der Waals surface area contributed by atoms with Crippen LogP contribution in [0.5, 0.6) is 0 Å². The number of amides is 10. The summed E-state index contributed by atoms with van der Waals surface area (Å²) in [7, 11) is 9.94. The van der Waals surface area contributed by atoms with Crippen LogP contribution in [0.25, 0.3) is 0 Å². The van der Waals surface area contributed by atoms with Crippen molar-refractivity contribution in [1.82, 2.24) is 56.4 Å². The monoisotopic (exact) mass is 1310 g/mol. The molecule has 0 spiro atoms. The van der Waals surface area contributed by atoms with E-state index in [1.165, 1.54) is 68.6 Å². The molecule has 0 aliphatic rings. The van der Waals surface area contributed by atoms with Gasteiger partial charge in [-0.05, 0) is 127 Å². The van der Waals surface area contributed by atoms with Crippen molar-refractivity contribution in [3.8, 4) is 0 Å². The van der Waals surface area contributed by atoms with E-state index in [-0.39, 0.29) is 67.1 Å². The number of carbonyl (C=O) groups is 11. The van der Waals surface area contributed by atoms with Crippen LogP contribution in [0.15, 0.2) is 12.2 Å². The lowest BCUT2D eigenvalue weighted by Gasteiger charge is -2.40.